The number of halogens is 2. The first-order chi connectivity index (χ1) is 9.73. The number of benzene rings is 2. The number of hydrogen-bond acceptors (Lipinski definition) is 3. The fourth-order valence-electron chi connectivity index (χ4n) is 1.83. The standard InChI is InChI=1S/C14H14Br2N2O2S/c1-9-6-13(16)14(8-12(9)15)21(19,20)18(2)11-5-3-4-10(17)7-11/h3-8H,17H2,1-2H3. The molecule has 0 bridgehead atoms. The maximum absolute atomic E-state index is 12.8. The van der Waals surface area contributed by atoms with Gasteiger partial charge in [0.15, 0.2) is 0 Å². The van der Waals surface area contributed by atoms with Gasteiger partial charge in [0.25, 0.3) is 10.0 Å². The van der Waals surface area contributed by atoms with Crippen LogP contribution in [-0.4, -0.2) is 15.5 Å². The first kappa shape index (κ1) is 16.3. The summed E-state index contributed by atoms with van der Waals surface area (Å²) in [4.78, 5) is 0.199. The number of nitrogens with zero attached hydrogens (tertiary/aromatic N) is 1. The molecule has 0 spiro atoms. The zero-order valence-corrected chi connectivity index (χ0v) is 15.5. The van der Waals surface area contributed by atoms with E-state index in [1.54, 1.807) is 36.4 Å². The lowest BCUT2D eigenvalue weighted by molar-refractivity contribution is 0.594. The quantitative estimate of drug-likeness (QED) is 0.746. The number of sulfonamides is 1. The summed E-state index contributed by atoms with van der Waals surface area (Å²) >= 11 is 6.69. The third kappa shape index (κ3) is 3.25. The highest BCUT2D eigenvalue weighted by molar-refractivity contribution is 9.11. The van der Waals surface area contributed by atoms with Gasteiger partial charge in [0.2, 0.25) is 0 Å². The van der Waals surface area contributed by atoms with Crippen molar-refractivity contribution in [3.8, 4) is 0 Å². The lowest BCUT2D eigenvalue weighted by Gasteiger charge is -2.21. The van der Waals surface area contributed by atoms with Crippen LogP contribution in [0.5, 0.6) is 0 Å². The van der Waals surface area contributed by atoms with Crippen molar-refractivity contribution in [1.82, 2.24) is 0 Å². The summed E-state index contributed by atoms with van der Waals surface area (Å²) in [5, 5.41) is 0. The monoisotopic (exact) mass is 432 g/mol. The van der Waals surface area contributed by atoms with Crippen LogP contribution in [0.2, 0.25) is 0 Å². The molecule has 0 aliphatic heterocycles. The van der Waals surface area contributed by atoms with Crippen LogP contribution in [0, 0.1) is 6.92 Å². The van der Waals surface area contributed by atoms with Gasteiger partial charge in [0.1, 0.15) is 4.90 Å². The van der Waals surface area contributed by atoms with E-state index < -0.39 is 10.0 Å². The predicted molar refractivity (Wildman–Crippen MR) is 93.0 cm³/mol. The average molecular weight is 434 g/mol. The molecule has 21 heavy (non-hydrogen) atoms. The topological polar surface area (TPSA) is 63.4 Å². The van der Waals surface area contributed by atoms with Crippen molar-refractivity contribution in [3.05, 3.63) is 50.9 Å². The van der Waals surface area contributed by atoms with Crippen molar-refractivity contribution in [2.45, 2.75) is 11.8 Å². The van der Waals surface area contributed by atoms with Crippen LogP contribution >= 0.6 is 31.9 Å². The van der Waals surface area contributed by atoms with Gasteiger partial charge in [-0.1, -0.05) is 22.0 Å². The van der Waals surface area contributed by atoms with Crippen molar-refractivity contribution < 1.29 is 8.42 Å². The molecule has 0 amide bonds. The minimum Gasteiger partial charge on any atom is -0.399 e. The highest BCUT2D eigenvalue weighted by atomic mass is 79.9. The molecule has 7 heteroatoms. The molecule has 2 aromatic carbocycles. The third-order valence-corrected chi connectivity index (χ3v) is 6.68. The maximum atomic E-state index is 12.8. The second-order valence-corrected chi connectivity index (χ2v) is 8.25. The van der Waals surface area contributed by atoms with Crippen LogP contribution in [-0.2, 0) is 10.0 Å². The third-order valence-electron chi connectivity index (χ3n) is 3.09. The Balaban J connectivity index is 2.54. The molecule has 0 saturated heterocycles. The molecule has 0 atom stereocenters. The number of hydrogen-bond donors (Lipinski definition) is 1. The van der Waals surface area contributed by atoms with Gasteiger partial charge in [-0.15, -0.1) is 0 Å². The Labute approximate surface area is 141 Å². The van der Waals surface area contributed by atoms with Crippen LogP contribution in [0.3, 0.4) is 0 Å². The maximum Gasteiger partial charge on any atom is 0.265 e. The SMILES string of the molecule is Cc1cc(Br)c(S(=O)(=O)N(C)c2cccc(N)c2)cc1Br. The van der Waals surface area contributed by atoms with E-state index in [9.17, 15) is 8.42 Å². The molecule has 4 nitrogen and oxygen atoms in total. The molecule has 0 aliphatic carbocycles. The molecule has 0 saturated carbocycles. The van der Waals surface area contributed by atoms with Gasteiger partial charge < -0.3 is 5.73 Å². The molecule has 2 aromatic rings. The minimum absolute atomic E-state index is 0.199. The van der Waals surface area contributed by atoms with Crippen molar-refractivity contribution in [1.29, 1.82) is 0 Å². The summed E-state index contributed by atoms with van der Waals surface area (Å²) in [6.45, 7) is 1.90. The molecule has 2 rings (SSSR count). The Kier molecular flexibility index (Phi) is 4.65. The van der Waals surface area contributed by atoms with E-state index in [1.807, 2.05) is 6.92 Å². The van der Waals surface area contributed by atoms with Crippen LogP contribution < -0.4 is 10.0 Å². The number of nitrogen functional groups attached to an aromatic ring is 1. The van der Waals surface area contributed by atoms with Crippen molar-refractivity contribution in [2.75, 3.05) is 17.1 Å². The first-order valence-electron chi connectivity index (χ1n) is 6.03. The molecule has 0 heterocycles. The first-order valence-corrected chi connectivity index (χ1v) is 9.06. The average Bonchev–Trinajstić information content (AvgIpc) is 2.41. The number of anilines is 2. The van der Waals surface area contributed by atoms with E-state index in [0.717, 1.165) is 10.0 Å². The van der Waals surface area contributed by atoms with E-state index in [1.165, 1.54) is 11.4 Å². The second kappa shape index (κ2) is 5.98. The van der Waals surface area contributed by atoms with Gasteiger partial charge in [0.05, 0.1) is 5.69 Å². The van der Waals surface area contributed by atoms with E-state index in [-0.39, 0.29) is 4.90 Å². The fraction of sp³-hybridized carbons (Fsp3) is 0.143. The fourth-order valence-corrected chi connectivity index (χ4v) is 4.66. The summed E-state index contributed by atoms with van der Waals surface area (Å²) in [5.74, 6) is 0. The van der Waals surface area contributed by atoms with Gasteiger partial charge in [0, 0.05) is 21.7 Å². The highest BCUT2D eigenvalue weighted by Crippen LogP contribution is 2.32. The van der Waals surface area contributed by atoms with Gasteiger partial charge in [-0.3, -0.25) is 4.31 Å². The van der Waals surface area contributed by atoms with Crippen LogP contribution in [0.1, 0.15) is 5.56 Å². The van der Waals surface area contributed by atoms with Crippen molar-refractivity contribution >= 4 is 53.3 Å². The van der Waals surface area contributed by atoms with Gasteiger partial charge in [-0.25, -0.2) is 8.42 Å². The van der Waals surface area contributed by atoms with E-state index in [2.05, 4.69) is 31.9 Å². The summed E-state index contributed by atoms with van der Waals surface area (Å²) < 4.78 is 28.0. The molecular formula is C14H14Br2N2O2S. The van der Waals surface area contributed by atoms with E-state index in [4.69, 9.17) is 5.73 Å². The largest absolute Gasteiger partial charge is 0.399 e. The molecule has 112 valence electrons. The van der Waals surface area contributed by atoms with Crippen LogP contribution in [0.4, 0.5) is 11.4 Å². The minimum atomic E-state index is -3.68. The van der Waals surface area contributed by atoms with Crippen molar-refractivity contribution in [3.63, 3.8) is 0 Å². The van der Waals surface area contributed by atoms with E-state index >= 15 is 0 Å². The highest BCUT2D eigenvalue weighted by Gasteiger charge is 2.24. The smallest absolute Gasteiger partial charge is 0.265 e. The molecule has 0 aromatic heterocycles. The summed E-state index contributed by atoms with van der Waals surface area (Å²) in [6.07, 6.45) is 0. The molecule has 0 radical (unpaired) electrons. The Bertz CT molecular complexity index is 792. The van der Waals surface area contributed by atoms with Crippen LogP contribution in [0.15, 0.2) is 50.2 Å². The molecule has 0 unspecified atom stereocenters. The van der Waals surface area contributed by atoms with Gasteiger partial charge in [-0.05, 0) is 58.7 Å². The summed E-state index contributed by atoms with van der Waals surface area (Å²) in [6, 6.07) is 10.1. The zero-order valence-electron chi connectivity index (χ0n) is 11.5. The second-order valence-electron chi connectivity index (χ2n) is 4.60. The summed E-state index contributed by atoms with van der Waals surface area (Å²) in [5.41, 5.74) is 7.69. The Morgan fingerprint density at radius 2 is 1.76 bits per heavy atom. The lowest BCUT2D eigenvalue weighted by atomic mass is 10.2. The van der Waals surface area contributed by atoms with Gasteiger partial charge >= 0.3 is 0 Å². The van der Waals surface area contributed by atoms with E-state index in [0.29, 0.717) is 15.8 Å². The number of aryl methyl sites for hydroxylation is 1. The number of rotatable bonds is 3. The van der Waals surface area contributed by atoms with Crippen molar-refractivity contribution in [2.24, 2.45) is 0 Å². The lowest BCUT2D eigenvalue weighted by Crippen LogP contribution is -2.27. The summed E-state index contributed by atoms with van der Waals surface area (Å²) in [7, 11) is -2.17. The Morgan fingerprint density at radius 3 is 2.38 bits per heavy atom. The number of nitrogens with two attached hydrogens (primary N) is 1. The Hall–Kier alpha value is -1.05. The normalized spacial score (nSPS) is 11.4. The molecule has 2 N–H and O–H groups in total. The predicted octanol–water partition coefficient (Wildman–Crippen LogP) is 3.93. The van der Waals surface area contributed by atoms with Crippen LogP contribution in [0.25, 0.3) is 0 Å². The Morgan fingerprint density at radius 1 is 1.10 bits per heavy atom. The molecule has 0 aliphatic rings. The molecule has 0 fully saturated rings. The zero-order chi connectivity index (χ0) is 15.8. The van der Waals surface area contributed by atoms with Gasteiger partial charge in [-0.2, -0.15) is 0 Å². The molecular weight excluding hydrogens is 420 g/mol.